The van der Waals surface area contributed by atoms with Crippen molar-refractivity contribution in [2.45, 2.75) is 58.8 Å². The summed E-state index contributed by atoms with van der Waals surface area (Å²) in [6.07, 6.45) is 8.52. The van der Waals surface area contributed by atoms with Crippen LogP contribution in [0.25, 0.3) is 0 Å². The van der Waals surface area contributed by atoms with Crippen molar-refractivity contribution in [1.29, 1.82) is 0 Å². The number of hydrogen-bond acceptors (Lipinski definition) is 2. The average molecular weight is 450 g/mol. The van der Waals surface area contributed by atoms with Crippen LogP contribution < -0.4 is 5.32 Å². The molecule has 0 aromatic carbocycles. The van der Waals surface area contributed by atoms with Gasteiger partial charge in [0.1, 0.15) is 0 Å². The van der Waals surface area contributed by atoms with Crippen molar-refractivity contribution < 1.29 is 4.79 Å². The maximum atomic E-state index is 12.3. The molecular formula is C18H35IN4O. The van der Waals surface area contributed by atoms with Gasteiger partial charge in [-0.3, -0.25) is 9.79 Å². The fraction of sp³-hybridized carbons (Fsp3) is 0.889. The van der Waals surface area contributed by atoms with Gasteiger partial charge in [-0.2, -0.15) is 0 Å². The molecule has 0 aromatic heterocycles. The third kappa shape index (κ3) is 6.08. The molecule has 0 aromatic rings. The zero-order valence-electron chi connectivity index (χ0n) is 15.6. The van der Waals surface area contributed by atoms with Gasteiger partial charge in [-0.1, -0.05) is 20.3 Å². The van der Waals surface area contributed by atoms with Gasteiger partial charge >= 0.3 is 0 Å². The lowest BCUT2D eigenvalue weighted by Crippen LogP contribution is -2.52. The van der Waals surface area contributed by atoms with Crippen LogP contribution in [-0.4, -0.2) is 61.4 Å². The zero-order chi connectivity index (χ0) is 16.7. The fourth-order valence-corrected chi connectivity index (χ4v) is 4.05. The number of guanidine groups is 1. The van der Waals surface area contributed by atoms with Crippen LogP contribution in [0.15, 0.2) is 4.99 Å². The van der Waals surface area contributed by atoms with Crippen LogP contribution in [0.2, 0.25) is 0 Å². The van der Waals surface area contributed by atoms with E-state index in [0.717, 1.165) is 45.0 Å². The van der Waals surface area contributed by atoms with Gasteiger partial charge in [0.25, 0.3) is 0 Å². The molecule has 1 amide bonds. The van der Waals surface area contributed by atoms with Crippen LogP contribution in [0.3, 0.4) is 0 Å². The molecule has 6 heteroatoms. The quantitative estimate of drug-likeness (QED) is 0.407. The minimum atomic E-state index is 0. The van der Waals surface area contributed by atoms with Gasteiger partial charge in [0.05, 0.1) is 6.54 Å². The Kier molecular flexibility index (Phi) is 9.37. The Balaban J connectivity index is 0.00000288. The van der Waals surface area contributed by atoms with Crippen LogP contribution in [-0.2, 0) is 4.79 Å². The molecule has 1 unspecified atom stereocenters. The van der Waals surface area contributed by atoms with Gasteiger partial charge in [0, 0.05) is 33.2 Å². The van der Waals surface area contributed by atoms with E-state index in [9.17, 15) is 4.79 Å². The van der Waals surface area contributed by atoms with Crippen molar-refractivity contribution in [3.05, 3.63) is 0 Å². The summed E-state index contributed by atoms with van der Waals surface area (Å²) in [7, 11) is 1.82. The van der Waals surface area contributed by atoms with Crippen molar-refractivity contribution in [3.8, 4) is 0 Å². The number of halogens is 1. The van der Waals surface area contributed by atoms with Gasteiger partial charge in [-0.05, 0) is 43.9 Å². The standard InChI is InChI=1S/C18H34N4O.HI/c1-4-9-18(2)10-8-13-22(15-18)17(19-3)20-14-16(23)21-11-6-5-7-12-21;/h4-15H2,1-3H3,(H,19,20);1H. The Morgan fingerprint density at radius 2 is 1.79 bits per heavy atom. The van der Waals surface area contributed by atoms with E-state index >= 15 is 0 Å². The number of nitrogens with one attached hydrogen (secondary N) is 1. The van der Waals surface area contributed by atoms with E-state index in [0.29, 0.717) is 12.0 Å². The highest BCUT2D eigenvalue weighted by molar-refractivity contribution is 14.0. The Morgan fingerprint density at radius 3 is 2.42 bits per heavy atom. The highest BCUT2D eigenvalue weighted by atomic mass is 127. The second kappa shape index (κ2) is 10.5. The van der Waals surface area contributed by atoms with Crippen LogP contribution in [0.1, 0.15) is 58.8 Å². The summed E-state index contributed by atoms with van der Waals surface area (Å²) in [6.45, 7) is 8.92. The first-order valence-electron chi connectivity index (χ1n) is 9.31. The van der Waals surface area contributed by atoms with Gasteiger partial charge in [0.2, 0.25) is 5.91 Å². The first-order valence-corrected chi connectivity index (χ1v) is 9.31. The van der Waals surface area contributed by atoms with E-state index in [4.69, 9.17) is 0 Å². The SMILES string of the molecule is CCCC1(C)CCCN(C(=NC)NCC(=O)N2CCCCC2)C1.I. The van der Waals surface area contributed by atoms with Crippen LogP contribution in [0, 0.1) is 5.41 Å². The summed E-state index contributed by atoms with van der Waals surface area (Å²) in [5, 5.41) is 3.30. The molecule has 2 aliphatic rings. The molecule has 2 fully saturated rings. The Bertz CT molecular complexity index is 419. The van der Waals surface area contributed by atoms with Gasteiger partial charge < -0.3 is 15.1 Å². The molecule has 0 aliphatic carbocycles. The van der Waals surface area contributed by atoms with Gasteiger partial charge in [0.15, 0.2) is 5.96 Å². The number of aliphatic imine (C=N–C) groups is 1. The molecule has 24 heavy (non-hydrogen) atoms. The molecule has 1 N–H and O–H groups in total. The number of rotatable bonds is 4. The summed E-state index contributed by atoms with van der Waals surface area (Å²) in [5.74, 6) is 1.09. The van der Waals surface area contributed by atoms with E-state index < -0.39 is 0 Å². The predicted octanol–water partition coefficient (Wildman–Crippen LogP) is 3.09. The van der Waals surface area contributed by atoms with Crippen LogP contribution >= 0.6 is 24.0 Å². The maximum Gasteiger partial charge on any atom is 0.241 e. The Hall–Kier alpha value is -0.530. The molecule has 2 aliphatic heterocycles. The highest BCUT2D eigenvalue weighted by Crippen LogP contribution is 2.33. The molecule has 2 rings (SSSR count). The molecule has 2 saturated heterocycles. The van der Waals surface area contributed by atoms with Crippen LogP contribution in [0.5, 0.6) is 0 Å². The second-order valence-corrected chi connectivity index (χ2v) is 7.43. The van der Waals surface area contributed by atoms with Gasteiger partial charge in [-0.25, -0.2) is 0 Å². The number of carbonyl (C=O) groups excluding carboxylic acids is 1. The molecular weight excluding hydrogens is 415 g/mol. The van der Waals surface area contributed by atoms with E-state index in [2.05, 4.69) is 29.1 Å². The third-order valence-corrected chi connectivity index (χ3v) is 5.25. The summed E-state index contributed by atoms with van der Waals surface area (Å²) < 4.78 is 0. The lowest BCUT2D eigenvalue weighted by molar-refractivity contribution is -0.130. The topological polar surface area (TPSA) is 47.9 Å². The summed E-state index contributed by atoms with van der Waals surface area (Å²) in [5.41, 5.74) is 0.376. The minimum Gasteiger partial charge on any atom is -0.347 e. The van der Waals surface area contributed by atoms with Crippen molar-refractivity contribution in [2.75, 3.05) is 39.8 Å². The number of likely N-dealkylation sites (tertiary alicyclic amines) is 2. The fourth-order valence-electron chi connectivity index (χ4n) is 4.05. The van der Waals surface area contributed by atoms with Crippen LogP contribution in [0.4, 0.5) is 0 Å². The number of nitrogens with zero attached hydrogens (tertiary/aromatic N) is 3. The number of carbonyl (C=O) groups is 1. The van der Waals surface area contributed by atoms with E-state index in [-0.39, 0.29) is 29.9 Å². The van der Waals surface area contributed by atoms with Crippen molar-refractivity contribution in [3.63, 3.8) is 0 Å². The average Bonchev–Trinajstić information content (AvgIpc) is 2.56. The molecule has 140 valence electrons. The Labute approximate surface area is 164 Å². The first-order chi connectivity index (χ1) is 11.1. The summed E-state index contributed by atoms with van der Waals surface area (Å²) in [6, 6.07) is 0. The number of amides is 1. The lowest BCUT2D eigenvalue weighted by Gasteiger charge is -2.42. The lowest BCUT2D eigenvalue weighted by atomic mass is 9.78. The first kappa shape index (κ1) is 21.5. The highest BCUT2D eigenvalue weighted by Gasteiger charge is 2.31. The van der Waals surface area contributed by atoms with Gasteiger partial charge in [-0.15, -0.1) is 24.0 Å². The van der Waals surface area contributed by atoms with Crippen molar-refractivity contribution in [1.82, 2.24) is 15.1 Å². The minimum absolute atomic E-state index is 0. The third-order valence-electron chi connectivity index (χ3n) is 5.25. The molecule has 0 spiro atoms. The normalized spacial score (nSPS) is 25.2. The zero-order valence-corrected chi connectivity index (χ0v) is 18.0. The van der Waals surface area contributed by atoms with E-state index in [1.807, 2.05) is 11.9 Å². The summed E-state index contributed by atoms with van der Waals surface area (Å²) in [4.78, 5) is 21.1. The second-order valence-electron chi connectivity index (χ2n) is 7.43. The predicted molar refractivity (Wildman–Crippen MR) is 111 cm³/mol. The number of piperidine rings is 2. The largest absolute Gasteiger partial charge is 0.347 e. The molecule has 0 radical (unpaired) electrons. The molecule has 0 bridgehead atoms. The van der Waals surface area contributed by atoms with E-state index in [1.54, 1.807) is 0 Å². The Morgan fingerprint density at radius 1 is 1.12 bits per heavy atom. The monoisotopic (exact) mass is 450 g/mol. The number of hydrogen-bond donors (Lipinski definition) is 1. The van der Waals surface area contributed by atoms with E-state index in [1.165, 1.54) is 32.1 Å². The van der Waals surface area contributed by atoms with Crippen molar-refractivity contribution >= 4 is 35.8 Å². The summed E-state index contributed by atoms with van der Waals surface area (Å²) >= 11 is 0. The van der Waals surface area contributed by atoms with Crippen molar-refractivity contribution in [2.24, 2.45) is 10.4 Å². The molecule has 5 nitrogen and oxygen atoms in total. The smallest absolute Gasteiger partial charge is 0.241 e. The molecule has 2 heterocycles. The molecule has 1 atom stereocenters. The maximum absolute atomic E-state index is 12.3. The molecule has 0 saturated carbocycles.